The van der Waals surface area contributed by atoms with E-state index in [2.05, 4.69) is 132 Å². The lowest BCUT2D eigenvalue weighted by Gasteiger charge is -2.02. The minimum atomic E-state index is -3.63. The molecule has 2 heterocycles. The third-order valence-corrected chi connectivity index (χ3v) is 12.7. The van der Waals surface area contributed by atoms with Gasteiger partial charge in [0.1, 0.15) is 22.2 Å². The van der Waals surface area contributed by atoms with Gasteiger partial charge in [-0.05, 0) is 63.4 Å². The van der Waals surface area contributed by atoms with Crippen LogP contribution in [-0.4, -0.2) is 60.7 Å². The molecule has 0 spiro atoms. The van der Waals surface area contributed by atoms with Crippen molar-refractivity contribution in [2.75, 3.05) is 25.4 Å². The molecule has 0 fully saturated rings. The van der Waals surface area contributed by atoms with Gasteiger partial charge in [0.05, 0.1) is 36.5 Å². The predicted octanol–water partition coefficient (Wildman–Crippen LogP) is 15.8. The van der Waals surface area contributed by atoms with E-state index in [-0.39, 0.29) is 13.2 Å². The standard InChI is InChI=1S/C15H14N2O3S2.C13H10N2O3S2.2C10H8.C2H6O3S.4C2H6.CH4/c1-2-10-22(18,19)20-17-15-9-8-14(21-15)13(11-16)12-6-4-3-5-7-12;1-20(16,17)18-15-13-8-7-12(19-13)11(9-14)10-5-3-2-4-6-10;2*1-2-6-10-8-4-3-7-9(10)5-1;1-5-6(2,3)4;4*1-2;/h3-9H,2,10H2,1H3;2-8H,1H3;2*1-8H;1-2H3;4*1-2H3;1H4/b14-13-,17-15?;12-11-,15-13?;;;;;;;;. The maximum Gasteiger partial charge on any atom is 0.328 e. The molecule has 0 saturated carbocycles. The van der Waals surface area contributed by atoms with Crippen molar-refractivity contribution in [3.05, 3.63) is 203 Å². The first-order valence-corrected chi connectivity index (χ1v) is 31.1. The maximum absolute atomic E-state index is 11.5. The molecule has 0 N–H and O–H groups in total. The van der Waals surface area contributed by atoms with E-state index in [4.69, 9.17) is 0 Å². The van der Waals surface area contributed by atoms with Crippen LogP contribution in [0.2, 0.25) is 0 Å². The minimum absolute atomic E-state index is 0. The van der Waals surface area contributed by atoms with Crippen LogP contribution in [0.4, 0.5) is 0 Å². The highest BCUT2D eigenvalue weighted by molar-refractivity contribution is 8.18. The molecule has 0 saturated heterocycles. The van der Waals surface area contributed by atoms with Crippen molar-refractivity contribution in [2.24, 2.45) is 10.3 Å². The Labute approximate surface area is 469 Å². The average Bonchev–Trinajstić information content (AvgIpc) is 4.14. The third kappa shape index (κ3) is 29.9. The Bertz CT molecular complexity index is 3070. The lowest BCUT2D eigenvalue weighted by molar-refractivity contribution is 0.340. The van der Waals surface area contributed by atoms with E-state index in [1.165, 1.54) is 45.1 Å². The number of oxime groups is 2. The number of fused-ring (bicyclic) bond motifs is 2. The summed E-state index contributed by atoms with van der Waals surface area (Å²) >= 11 is 2.39. The first-order chi connectivity index (χ1) is 36.5. The molecule has 0 aromatic heterocycles. The largest absolute Gasteiger partial charge is 0.328 e. The molecule has 8 rings (SSSR count). The van der Waals surface area contributed by atoms with E-state index < -0.39 is 30.4 Å². The quantitative estimate of drug-likeness (QED) is 0.0752. The second-order valence-corrected chi connectivity index (χ2v) is 20.9. The Balaban J connectivity index is 0. The Kier molecular flexibility index (Phi) is 38.9. The van der Waals surface area contributed by atoms with Crippen LogP contribution in [0.5, 0.6) is 0 Å². The molecule has 2 aliphatic rings. The molecule has 0 unspecified atom stereocenters. The lowest BCUT2D eigenvalue weighted by atomic mass is 10.1. The number of allylic oxidation sites excluding steroid dienone is 4. The molecule has 6 aromatic carbocycles. The fourth-order valence-electron chi connectivity index (χ4n) is 5.51. The summed E-state index contributed by atoms with van der Waals surface area (Å²) in [6, 6.07) is 56.2. The van der Waals surface area contributed by atoms with Gasteiger partial charge in [-0.3, -0.25) is 12.8 Å². The van der Waals surface area contributed by atoms with E-state index in [9.17, 15) is 35.8 Å². The first-order valence-electron chi connectivity index (χ1n) is 24.2. The molecule has 2 aliphatic heterocycles. The minimum Gasteiger partial charge on any atom is -0.274 e. The molecular formula is C59H74N4O9S5. The molecule has 0 aliphatic carbocycles. The Morgan fingerprint density at radius 1 is 0.468 bits per heavy atom. The molecule has 6 aromatic rings. The normalized spacial score (nSPS) is 13.9. The van der Waals surface area contributed by atoms with E-state index in [0.29, 0.717) is 37.5 Å². The van der Waals surface area contributed by atoms with Crippen molar-refractivity contribution in [2.45, 2.75) is 76.2 Å². The Morgan fingerprint density at radius 3 is 0.987 bits per heavy atom. The Hall–Kier alpha value is -6.77. The number of benzene rings is 6. The summed E-state index contributed by atoms with van der Waals surface area (Å²) in [5.74, 6) is -0.0751. The number of hydrogen-bond donors (Lipinski definition) is 0. The third-order valence-electron chi connectivity index (χ3n) is 8.60. The van der Waals surface area contributed by atoms with E-state index in [1.807, 2.05) is 116 Å². The zero-order chi connectivity index (χ0) is 57.4. The summed E-state index contributed by atoms with van der Waals surface area (Å²) < 4.78 is 77.0. The van der Waals surface area contributed by atoms with Crippen LogP contribution in [0.25, 0.3) is 32.7 Å². The van der Waals surface area contributed by atoms with Gasteiger partial charge in [0.15, 0.2) is 0 Å². The van der Waals surface area contributed by atoms with Crippen molar-refractivity contribution < 1.29 is 38.0 Å². The summed E-state index contributed by atoms with van der Waals surface area (Å²) in [5.41, 5.74) is 2.63. The lowest BCUT2D eigenvalue weighted by Crippen LogP contribution is -2.06. The van der Waals surface area contributed by atoms with Crippen LogP contribution in [0.1, 0.15) is 87.3 Å². The van der Waals surface area contributed by atoms with Gasteiger partial charge in [-0.2, -0.15) is 35.8 Å². The second kappa shape index (κ2) is 41.4. The smallest absolute Gasteiger partial charge is 0.274 e. The maximum atomic E-state index is 11.5. The van der Waals surface area contributed by atoms with E-state index in [0.717, 1.165) is 30.7 Å². The van der Waals surface area contributed by atoms with Crippen molar-refractivity contribution in [1.29, 1.82) is 10.5 Å². The SMILES string of the molecule is C.CC.CC.CC.CC.CCCS(=O)(=O)ON=C1C=C/C(=C(\C#N)c2ccccc2)S1.COS(C)(=O)=O.CS(=O)(=O)ON=C1C=C/C(=C(\C#N)c2ccccc2)S1.c1ccc2ccccc2c1.c1ccc2ccccc2c1. The molecule has 13 nitrogen and oxygen atoms in total. The Morgan fingerprint density at radius 2 is 0.740 bits per heavy atom. The number of rotatable bonds is 9. The monoisotopic (exact) mass is 1140 g/mol. The number of nitrogens with zero attached hydrogens (tertiary/aromatic N) is 4. The van der Waals surface area contributed by atoms with Gasteiger partial charge in [0.25, 0.3) is 10.1 Å². The van der Waals surface area contributed by atoms with Crippen molar-refractivity contribution >= 4 is 96.7 Å². The number of hydrogen-bond acceptors (Lipinski definition) is 15. The van der Waals surface area contributed by atoms with Gasteiger partial charge in [0.2, 0.25) is 0 Å². The fourth-order valence-corrected chi connectivity index (χ4v) is 8.26. The fraction of sp³-hybridized carbons (Fsp3) is 0.254. The summed E-state index contributed by atoms with van der Waals surface area (Å²) in [6.07, 6.45) is 9.04. The second-order valence-electron chi connectivity index (χ2n) is 13.8. The average molecular weight is 1140 g/mol. The van der Waals surface area contributed by atoms with Gasteiger partial charge in [0, 0.05) is 9.81 Å². The van der Waals surface area contributed by atoms with Crippen molar-refractivity contribution in [1.82, 2.24) is 0 Å². The molecule has 77 heavy (non-hydrogen) atoms. The summed E-state index contributed by atoms with van der Waals surface area (Å²) in [4.78, 5) is 1.42. The zero-order valence-corrected chi connectivity index (χ0v) is 49.3. The summed E-state index contributed by atoms with van der Waals surface area (Å²) in [6.45, 7) is 17.7. The van der Waals surface area contributed by atoms with Crippen LogP contribution in [0.15, 0.2) is 202 Å². The summed E-state index contributed by atoms with van der Waals surface area (Å²) in [5, 5.41) is 31.8. The predicted molar refractivity (Wildman–Crippen MR) is 329 cm³/mol. The van der Waals surface area contributed by atoms with Crippen LogP contribution in [-0.2, 0) is 43.1 Å². The van der Waals surface area contributed by atoms with Crippen molar-refractivity contribution in [3.63, 3.8) is 0 Å². The molecule has 18 heteroatoms. The number of nitriles is 2. The van der Waals surface area contributed by atoms with Crippen LogP contribution < -0.4 is 0 Å². The molecule has 0 bridgehead atoms. The number of thioether (sulfide) groups is 2. The van der Waals surface area contributed by atoms with Crippen LogP contribution in [0.3, 0.4) is 0 Å². The van der Waals surface area contributed by atoms with Crippen LogP contribution >= 0.6 is 23.5 Å². The molecule has 0 amide bonds. The van der Waals surface area contributed by atoms with E-state index >= 15 is 0 Å². The molecular weight excluding hydrogens is 1070 g/mol. The van der Waals surface area contributed by atoms with Gasteiger partial charge in [-0.15, -0.1) is 0 Å². The van der Waals surface area contributed by atoms with Gasteiger partial charge < -0.3 is 0 Å². The highest BCUT2D eigenvalue weighted by Crippen LogP contribution is 2.35. The summed E-state index contributed by atoms with van der Waals surface area (Å²) in [7, 11) is -9.29. The van der Waals surface area contributed by atoms with Gasteiger partial charge in [-0.25, -0.2) is 0 Å². The molecule has 0 atom stereocenters. The molecule has 0 radical (unpaired) electrons. The molecule has 414 valence electrons. The highest BCUT2D eigenvalue weighted by atomic mass is 32.2. The highest BCUT2D eigenvalue weighted by Gasteiger charge is 2.18. The zero-order valence-electron chi connectivity index (χ0n) is 45.2. The van der Waals surface area contributed by atoms with Gasteiger partial charge in [-0.1, -0.05) is 261 Å². The topological polar surface area (TPSA) is 202 Å². The van der Waals surface area contributed by atoms with E-state index in [1.54, 1.807) is 31.2 Å². The van der Waals surface area contributed by atoms with Gasteiger partial charge >= 0.3 is 20.2 Å². The van der Waals surface area contributed by atoms with Crippen molar-refractivity contribution in [3.8, 4) is 12.1 Å². The first kappa shape index (κ1) is 72.3. The van der Waals surface area contributed by atoms with Crippen LogP contribution in [0, 0.1) is 22.7 Å².